The predicted molar refractivity (Wildman–Crippen MR) is 110 cm³/mol. The van der Waals surface area contributed by atoms with Gasteiger partial charge in [0, 0.05) is 19.4 Å². The summed E-state index contributed by atoms with van der Waals surface area (Å²) in [5.41, 5.74) is 4.41. The minimum atomic E-state index is -1.36. The summed E-state index contributed by atoms with van der Waals surface area (Å²) in [6.45, 7) is 1.99. The van der Waals surface area contributed by atoms with Crippen molar-refractivity contribution in [2.45, 2.75) is 38.1 Å². The van der Waals surface area contributed by atoms with E-state index in [2.05, 4.69) is 10.6 Å². The average molecular weight is 409 g/mol. The van der Waals surface area contributed by atoms with Gasteiger partial charge in [-0.1, -0.05) is 48.5 Å². The van der Waals surface area contributed by atoms with Crippen LogP contribution in [0.2, 0.25) is 0 Å². The Morgan fingerprint density at radius 1 is 1.00 bits per heavy atom. The lowest BCUT2D eigenvalue weighted by Crippen LogP contribution is -2.48. The summed E-state index contributed by atoms with van der Waals surface area (Å²) >= 11 is 0. The van der Waals surface area contributed by atoms with Crippen LogP contribution in [0.25, 0.3) is 11.1 Å². The van der Waals surface area contributed by atoms with Gasteiger partial charge in [-0.2, -0.15) is 0 Å². The minimum absolute atomic E-state index is 0.0952. The first kappa shape index (κ1) is 21.4. The van der Waals surface area contributed by atoms with Crippen LogP contribution < -0.4 is 15.7 Å². The molecule has 1 atom stereocenters. The van der Waals surface area contributed by atoms with Crippen LogP contribution in [0.15, 0.2) is 48.5 Å². The van der Waals surface area contributed by atoms with E-state index in [1.54, 1.807) is 0 Å². The third kappa shape index (κ3) is 5.17. The van der Waals surface area contributed by atoms with E-state index < -0.39 is 18.1 Å². The van der Waals surface area contributed by atoms with E-state index in [1.807, 2.05) is 48.5 Å². The standard InChI is InChI=1S/C23H26N2O5/c1-15(26)24-13-7-6-12-21(22(27)28)25-23(29)30-14-20-18-10-4-2-8-16(18)17-9-3-5-11-19(17)20/h2-5,8-11,20-21H,6-7,12-14H2,1H3,(H,24,26)(H,25,29)(H,27,28)/p-1/t21-/m0/s1. The second-order valence-corrected chi connectivity index (χ2v) is 7.32. The zero-order valence-corrected chi connectivity index (χ0v) is 16.9. The molecular weight excluding hydrogens is 384 g/mol. The van der Waals surface area contributed by atoms with Crippen molar-refractivity contribution in [2.75, 3.05) is 13.2 Å². The van der Waals surface area contributed by atoms with Crippen molar-refractivity contribution in [2.24, 2.45) is 0 Å². The van der Waals surface area contributed by atoms with Crippen LogP contribution in [0.5, 0.6) is 0 Å². The van der Waals surface area contributed by atoms with Crippen molar-refractivity contribution < 1.29 is 24.2 Å². The van der Waals surface area contributed by atoms with Gasteiger partial charge in [-0.25, -0.2) is 4.79 Å². The van der Waals surface area contributed by atoms with Crippen molar-refractivity contribution in [3.63, 3.8) is 0 Å². The molecule has 0 fully saturated rings. The number of amides is 2. The number of hydrogen-bond donors (Lipinski definition) is 2. The largest absolute Gasteiger partial charge is 0.548 e. The number of carboxylic acid groups (broad SMARTS) is 1. The molecule has 2 amide bonds. The van der Waals surface area contributed by atoms with Gasteiger partial charge >= 0.3 is 6.09 Å². The Labute approximate surface area is 175 Å². The summed E-state index contributed by atoms with van der Waals surface area (Å²) in [4.78, 5) is 34.4. The topological polar surface area (TPSA) is 108 Å². The molecule has 3 rings (SSSR count). The lowest BCUT2D eigenvalue weighted by atomic mass is 9.98. The van der Waals surface area contributed by atoms with Crippen molar-refractivity contribution >= 4 is 18.0 Å². The van der Waals surface area contributed by atoms with Crippen molar-refractivity contribution in [1.29, 1.82) is 0 Å². The molecule has 30 heavy (non-hydrogen) atoms. The molecule has 0 aromatic heterocycles. The van der Waals surface area contributed by atoms with Gasteiger partial charge in [0.05, 0.1) is 12.0 Å². The SMILES string of the molecule is CC(=O)NCCCC[C@H](NC(=O)OCC1c2ccccc2-c2ccccc21)C(=O)[O-]. The lowest BCUT2D eigenvalue weighted by Gasteiger charge is -2.20. The summed E-state index contributed by atoms with van der Waals surface area (Å²) in [6, 6.07) is 14.8. The van der Waals surface area contributed by atoms with Crippen LogP contribution in [-0.4, -0.2) is 37.2 Å². The van der Waals surface area contributed by atoms with Crippen LogP contribution in [0.3, 0.4) is 0 Å². The Hall–Kier alpha value is -3.35. The minimum Gasteiger partial charge on any atom is -0.548 e. The van der Waals surface area contributed by atoms with Gasteiger partial charge in [-0.15, -0.1) is 0 Å². The van der Waals surface area contributed by atoms with Gasteiger partial charge in [0.15, 0.2) is 0 Å². The van der Waals surface area contributed by atoms with Gasteiger partial charge in [0.1, 0.15) is 6.61 Å². The Morgan fingerprint density at radius 3 is 2.17 bits per heavy atom. The van der Waals surface area contributed by atoms with Gasteiger partial charge in [0.2, 0.25) is 5.91 Å². The third-order valence-corrected chi connectivity index (χ3v) is 5.21. The van der Waals surface area contributed by atoms with E-state index in [1.165, 1.54) is 6.92 Å². The van der Waals surface area contributed by atoms with Gasteiger partial charge in [-0.3, -0.25) is 4.79 Å². The van der Waals surface area contributed by atoms with Crippen LogP contribution in [0.4, 0.5) is 4.79 Å². The molecule has 0 unspecified atom stereocenters. The number of hydrogen-bond acceptors (Lipinski definition) is 5. The molecule has 0 spiro atoms. The maximum atomic E-state index is 12.2. The fourth-order valence-corrected chi connectivity index (χ4v) is 3.77. The van der Waals surface area contributed by atoms with E-state index >= 15 is 0 Å². The van der Waals surface area contributed by atoms with Gasteiger partial charge in [0.25, 0.3) is 0 Å². The molecule has 2 aromatic rings. The maximum absolute atomic E-state index is 12.2. The average Bonchev–Trinajstić information content (AvgIpc) is 3.04. The molecule has 0 aliphatic heterocycles. The zero-order valence-electron chi connectivity index (χ0n) is 16.9. The quantitative estimate of drug-likeness (QED) is 0.616. The molecule has 7 heteroatoms. The van der Waals surface area contributed by atoms with E-state index in [0.717, 1.165) is 22.3 Å². The molecular formula is C23H25N2O5-. The van der Waals surface area contributed by atoms with Crippen LogP contribution >= 0.6 is 0 Å². The Morgan fingerprint density at radius 2 is 1.60 bits per heavy atom. The van der Waals surface area contributed by atoms with Gasteiger partial charge in [-0.05, 0) is 41.5 Å². The number of rotatable bonds is 9. The highest BCUT2D eigenvalue weighted by Gasteiger charge is 2.29. The first-order chi connectivity index (χ1) is 14.5. The number of nitrogens with one attached hydrogen (secondary N) is 2. The van der Waals surface area contributed by atoms with Gasteiger partial charge < -0.3 is 25.3 Å². The normalized spacial score (nSPS) is 13.1. The molecule has 2 aromatic carbocycles. The maximum Gasteiger partial charge on any atom is 0.407 e. The number of carbonyl (C=O) groups is 3. The van der Waals surface area contributed by atoms with Crippen LogP contribution in [0, 0.1) is 0 Å². The fraction of sp³-hybridized carbons (Fsp3) is 0.348. The molecule has 2 N–H and O–H groups in total. The molecule has 1 aliphatic carbocycles. The highest BCUT2D eigenvalue weighted by Crippen LogP contribution is 2.44. The summed E-state index contributed by atoms with van der Waals surface area (Å²) in [7, 11) is 0. The third-order valence-electron chi connectivity index (χ3n) is 5.21. The molecule has 0 saturated heterocycles. The highest BCUT2D eigenvalue weighted by atomic mass is 16.5. The summed E-state index contributed by atoms with van der Waals surface area (Å²) < 4.78 is 5.38. The molecule has 1 aliphatic rings. The van der Waals surface area contributed by atoms with E-state index in [0.29, 0.717) is 19.4 Å². The molecule has 0 heterocycles. The number of aliphatic carboxylic acids is 1. The number of carboxylic acids is 1. The molecule has 0 radical (unpaired) electrons. The Bertz CT molecular complexity index is 882. The lowest BCUT2D eigenvalue weighted by molar-refractivity contribution is -0.308. The van der Waals surface area contributed by atoms with Crippen LogP contribution in [0.1, 0.15) is 43.2 Å². The van der Waals surface area contributed by atoms with E-state index in [-0.39, 0.29) is 24.9 Å². The predicted octanol–water partition coefficient (Wildman–Crippen LogP) is 1.95. The monoisotopic (exact) mass is 409 g/mol. The number of fused-ring (bicyclic) bond motifs is 3. The van der Waals surface area contributed by atoms with Crippen LogP contribution in [-0.2, 0) is 14.3 Å². The summed E-state index contributed by atoms with van der Waals surface area (Å²) in [6.07, 6.45) is 0.540. The molecule has 7 nitrogen and oxygen atoms in total. The van der Waals surface area contributed by atoms with Crippen molar-refractivity contribution in [1.82, 2.24) is 10.6 Å². The number of benzene rings is 2. The van der Waals surface area contributed by atoms with Crippen molar-refractivity contribution in [3.05, 3.63) is 59.7 Å². The van der Waals surface area contributed by atoms with Crippen molar-refractivity contribution in [3.8, 4) is 11.1 Å². The fourth-order valence-electron chi connectivity index (χ4n) is 3.77. The smallest absolute Gasteiger partial charge is 0.407 e. The van der Waals surface area contributed by atoms with E-state index in [9.17, 15) is 19.5 Å². The first-order valence-corrected chi connectivity index (χ1v) is 10.0. The summed E-state index contributed by atoms with van der Waals surface area (Å²) in [5, 5.41) is 16.4. The Balaban J connectivity index is 1.54. The molecule has 0 saturated carbocycles. The number of alkyl carbamates (subject to hydrolysis) is 1. The number of carbonyl (C=O) groups excluding carboxylic acids is 3. The number of ether oxygens (including phenoxy) is 1. The molecule has 158 valence electrons. The van der Waals surface area contributed by atoms with E-state index in [4.69, 9.17) is 4.74 Å². The second-order valence-electron chi connectivity index (χ2n) is 7.32. The summed E-state index contributed by atoms with van der Waals surface area (Å²) in [5.74, 6) is -1.59. The first-order valence-electron chi connectivity index (χ1n) is 10.0. The number of unbranched alkanes of at least 4 members (excludes halogenated alkanes) is 1. The Kier molecular flexibility index (Phi) is 7.06. The zero-order chi connectivity index (χ0) is 21.5. The highest BCUT2D eigenvalue weighted by molar-refractivity contribution is 5.80. The second kappa shape index (κ2) is 9.91. The molecule has 0 bridgehead atoms.